The van der Waals surface area contributed by atoms with Crippen LogP contribution < -0.4 is 5.32 Å². The van der Waals surface area contributed by atoms with Crippen molar-refractivity contribution in [2.75, 3.05) is 25.0 Å². The van der Waals surface area contributed by atoms with Gasteiger partial charge in [0.15, 0.2) is 0 Å². The van der Waals surface area contributed by atoms with E-state index >= 15 is 0 Å². The summed E-state index contributed by atoms with van der Waals surface area (Å²) in [5, 5.41) is 12.7. The van der Waals surface area contributed by atoms with Crippen molar-refractivity contribution in [3.05, 3.63) is 24.3 Å². The fourth-order valence-corrected chi connectivity index (χ4v) is 3.10. The van der Waals surface area contributed by atoms with E-state index in [-0.39, 0.29) is 12.5 Å². The molecule has 1 aliphatic rings. The van der Waals surface area contributed by atoms with Crippen molar-refractivity contribution in [3.8, 4) is 0 Å². The second-order valence-electron chi connectivity index (χ2n) is 6.80. The number of carbonyl (C=O) groups is 1. The number of aliphatic hydroxyl groups is 1. The van der Waals surface area contributed by atoms with Gasteiger partial charge < -0.3 is 19.9 Å². The summed E-state index contributed by atoms with van der Waals surface area (Å²) in [7, 11) is 0. The number of aliphatic hydroxyl groups excluding tert-OH is 1. The Kier molecular flexibility index (Phi) is 5.04. The molecule has 6 nitrogen and oxygen atoms in total. The minimum absolute atomic E-state index is 0.130. The molecule has 1 aliphatic heterocycles. The van der Waals surface area contributed by atoms with Gasteiger partial charge in [-0.25, -0.2) is 4.98 Å². The summed E-state index contributed by atoms with van der Waals surface area (Å²) in [5.41, 5.74) is 1.79. The number of aromatic nitrogens is 2. The van der Waals surface area contributed by atoms with Crippen molar-refractivity contribution in [2.45, 2.75) is 39.3 Å². The molecule has 1 saturated heterocycles. The highest BCUT2D eigenvalue weighted by atomic mass is 16.3. The molecular weight excluding hydrogens is 304 g/mol. The average molecular weight is 330 g/mol. The molecule has 1 fully saturated rings. The van der Waals surface area contributed by atoms with Gasteiger partial charge in [-0.1, -0.05) is 19.1 Å². The SMILES string of the molecule is CC(O)CNc1nc2ccccc2n1CC(=O)N1CCC(C)CC1. The number of hydrogen-bond acceptors (Lipinski definition) is 4. The van der Waals surface area contributed by atoms with Gasteiger partial charge in [0, 0.05) is 19.6 Å². The van der Waals surface area contributed by atoms with Crippen LogP contribution >= 0.6 is 0 Å². The molecule has 2 heterocycles. The zero-order valence-electron chi connectivity index (χ0n) is 14.4. The van der Waals surface area contributed by atoms with Crippen LogP contribution in [0.3, 0.4) is 0 Å². The lowest BCUT2D eigenvalue weighted by molar-refractivity contribution is -0.133. The van der Waals surface area contributed by atoms with E-state index in [2.05, 4.69) is 17.2 Å². The monoisotopic (exact) mass is 330 g/mol. The standard InChI is InChI=1S/C18H26N4O2/c1-13-7-9-21(10-8-13)17(24)12-22-16-6-4-3-5-15(16)20-18(22)19-11-14(2)23/h3-6,13-14,23H,7-12H2,1-2H3,(H,19,20). The molecule has 1 aromatic heterocycles. The van der Waals surface area contributed by atoms with Crippen molar-refractivity contribution in [1.29, 1.82) is 0 Å². The Morgan fingerprint density at radius 1 is 1.38 bits per heavy atom. The number of para-hydroxylation sites is 2. The first kappa shape index (κ1) is 16.8. The van der Waals surface area contributed by atoms with Crippen LogP contribution in [0.1, 0.15) is 26.7 Å². The molecule has 24 heavy (non-hydrogen) atoms. The molecule has 1 atom stereocenters. The van der Waals surface area contributed by atoms with Crippen LogP contribution in [0.15, 0.2) is 24.3 Å². The first-order valence-corrected chi connectivity index (χ1v) is 8.69. The highest BCUT2D eigenvalue weighted by molar-refractivity contribution is 5.83. The Hall–Kier alpha value is -2.08. The predicted molar refractivity (Wildman–Crippen MR) is 94.9 cm³/mol. The molecule has 1 unspecified atom stereocenters. The van der Waals surface area contributed by atoms with Crippen molar-refractivity contribution in [1.82, 2.24) is 14.5 Å². The Morgan fingerprint density at radius 3 is 2.79 bits per heavy atom. The van der Waals surface area contributed by atoms with E-state index in [0.29, 0.717) is 18.4 Å². The first-order valence-electron chi connectivity index (χ1n) is 8.69. The van der Waals surface area contributed by atoms with E-state index in [0.717, 1.165) is 37.0 Å². The van der Waals surface area contributed by atoms with Crippen LogP contribution in [0.25, 0.3) is 11.0 Å². The summed E-state index contributed by atoms with van der Waals surface area (Å²) in [6.45, 7) is 6.31. The molecule has 2 N–H and O–H groups in total. The molecule has 6 heteroatoms. The lowest BCUT2D eigenvalue weighted by atomic mass is 9.99. The molecule has 1 aromatic carbocycles. The molecule has 130 valence electrons. The third kappa shape index (κ3) is 3.70. The largest absolute Gasteiger partial charge is 0.392 e. The minimum atomic E-state index is -0.474. The molecule has 1 amide bonds. The maximum Gasteiger partial charge on any atom is 0.242 e. The third-order valence-electron chi connectivity index (χ3n) is 4.64. The number of nitrogens with one attached hydrogen (secondary N) is 1. The first-order chi connectivity index (χ1) is 11.5. The van der Waals surface area contributed by atoms with Gasteiger partial charge in [0.1, 0.15) is 6.54 Å². The summed E-state index contributed by atoms with van der Waals surface area (Å²) < 4.78 is 1.91. The number of nitrogens with zero attached hydrogens (tertiary/aromatic N) is 3. The summed E-state index contributed by atoms with van der Waals surface area (Å²) in [6.07, 6.45) is 1.67. The van der Waals surface area contributed by atoms with E-state index in [4.69, 9.17) is 0 Å². The van der Waals surface area contributed by atoms with Crippen molar-refractivity contribution >= 4 is 22.9 Å². The zero-order chi connectivity index (χ0) is 17.1. The number of benzene rings is 1. The number of piperidine rings is 1. The van der Waals surface area contributed by atoms with Gasteiger partial charge in [0.25, 0.3) is 0 Å². The number of carbonyl (C=O) groups excluding carboxylic acids is 1. The van der Waals surface area contributed by atoms with Gasteiger partial charge in [-0.15, -0.1) is 0 Å². The van der Waals surface area contributed by atoms with Crippen LogP contribution in [0.5, 0.6) is 0 Å². The third-order valence-corrected chi connectivity index (χ3v) is 4.64. The average Bonchev–Trinajstić information content (AvgIpc) is 2.91. The van der Waals surface area contributed by atoms with Gasteiger partial charge in [0.05, 0.1) is 17.1 Å². The molecule has 2 aromatic rings. The Bertz CT molecular complexity index is 702. The molecular formula is C18H26N4O2. The highest BCUT2D eigenvalue weighted by Crippen LogP contribution is 2.21. The van der Waals surface area contributed by atoms with Crippen LogP contribution in [-0.4, -0.2) is 51.2 Å². The van der Waals surface area contributed by atoms with Gasteiger partial charge >= 0.3 is 0 Å². The second kappa shape index (κ2) is 7.21. The van der Waals surface area contributed by atoms with E-state index in [1.165, 1.54) is 0 Å². The number of rotatable bonds is 5. The van der Waals surface area contributed by atoms with E-state index in [9.17, 15) is 9.90 Å². The maximum atomic E-state index is 12.7. The van der Waals surface area contributed by atoms with Crippen molar-refractivity contribution in [2.24, 2.45) is 5.92 Å². The van der Waals surface area contributed by atoms with Gasteiger partial charge in [-0.05, 0) is 37.8 Å². The Labute approximate surface area is 142 Å². The lowest BCUT2D eigenvalue weighted by Gasteiger charge is -2.30. The molecule has 0 bridgehead atoms. The van der Waals surface area contributed by atoms with Crippen molar-refractivity contribution < 1.29 is 9.90 Å². The van der Waals surface area contributed by atoms with Crippen LogP contribution in [0.4, 0.5) is 5.95 Å². The fraction of sp³-hybridized carbons (Fsp3) is 0.556. The van der Waals surface area contributed by atoms with Gasteiger partial charge in [-0.2, -0.15) is 0 Å². The normalized spacial score (nSPS) is 17.2. The van der Waals surface area contributed by atoms with Crippen LogP contribution in [0.2, 0.25) is 0 Å². The van der Waals surface area contributed by atoms with E-state index in [1.807, 2.05) is 33.7 Å². The summed E-state index contributed by atoms with van der Waals surface area (Å²) in [5.74, 6) is 1.47. The van der Waals surface area contributed by atoms with Gasteiger partial charge in [0.2, 0.25) is 11.9 Å². The quantitative estimate of drug-likeness (QED) is 0.881. The number of likely N-dealkylation sites (tertiary alicyclic amines) is 1. The maximum absolute atomic E-state index is 12.7. The Balaban J connectivity index is 1.81. The number of hydrogen-bond donors (Lipinski definition) is 2. The van der Waals surface area contributed by atoms with Crippen molar-refractivity contribution in [3.63, 3.8) is 0 Å². The summed E-state index contributed by atoms with van der Waals surface area (Å²) in [6, 6.07) is 7.80. The molecule has 0 aliphatic carbocycles. The topological polar surface area (TPSA) is 70.4 Å². The number of amides is 1. The smallest absolute Gasteiger partial charge is 0.242 e. The fourth-order valence-electron chi connectivity index (χ4n) is 3.10. The second-order valence-corrected chi connectivity index (χ2v) is 6.80. The van der Waals surface area contributed by atoms with Crippen LogP contribution in [-0.2, 0) is 11.3 Å². The highest BCUT2D eigenvalue weighted by Gasteiger charge is 2.22. The summed E-state index contributed by atoms with van der Waals surface area (Å²) >= 11 is 0. The van der Waals surface area contributed by atoms with E-state index in [1.54, 1.807) is 6.92 Å². The zero-order valence-corrected chi connectivity index (χ0v) is 14.4. The van der Waals surface area contributed by atoms with E-state index < -0.39 is 6.10 Å². The lowest BCUT2D eigenvalue weighted by Crippen LogP contribution is -2.39. The minimum Gasteiger partial charge on any atom is -0.392 e. The molecule has 0 radical (unpaired) electrons. The van der Waals surface area contributed by atoms with Crippen LogP contribution in [0, 0.1) is 5.92 Å². The van der Waals surface area contributed by atoms with Gasteiger partial charge in [-0.3, -0.25) is 4.79 Å². The Morgan fingerprint density at radius 2 is 2.08 bits per heavy atom. The number of anilines is 1. The molecule has 0 saturated carbocycles. The predicted octanol–water partition coefficient (Wildman–Crippen LogP) is 2.09. The summed E-state index contributed by atoms with van der Waals surface area (Å²) in [4.78, 5) is 19.2. The number of imidazole rings is 1. The molecule has 3 rings (SSSR count). The number of fused-ring (bicyclic) bond motifs is 1. The molecule has 0 spiro atoms.